The van der Waals surface area contributed by atoms with Gasteiger partial charge in [-0.3, -0.25) is 4.90 Å². The Bertz CT molecular complexity index is 576. The standard InChI is InChI=1S/C18H25N3O/c1-4-9-20-10-5-17(6-11-20)18-7-12-21(13-8-18)14-15-22-16-19(2)3/h4-8,10-13H,1,9,14-16H2,2-3H3/q+2. The molecule has 0 N–H and O–H groups in total. The van der Waals surface area contributed by atoms with Crippen LogP contribution >= 0.6 is 0 Å². The summed E-state index contributed by atoms with van der Waals surface area (Å²) in [5.74, 6) is 0. The van der Waals surface area contributed by atoms with Gasteiger partial charge in [-0.25, -0.2) is 9.13 Å². The highest BCUT2D eigenvalue weighted by Crippen LogP contribution is 2.15. The highest BCUT2D eigenvalue weighted by Gasteiger charge is 2.05. The minimum absolute atomic E-state index is 0.660. The number of rotatable bonds is 8. The number of aromatic nitrogens is 2. The van der Waals surface area contributed by atoms with Crippen LogP contribution in [0.4, 0.5) is 0 Å². The predicted octanol–water partition coefficient (Wildman–Crippen LogP) is 1.65. The first kappa shape index (κ1) is 16.3. The lowest BCUT2D eigenvalue weighted by Gasteiger charge is -2.08. The molecule has 2 aromatic rings. The van der Waals surface area contributed by atoms with Crippen LogP contribution in [0.2, 0.25) is 0 Å². The molecule has 0 aromatic carbocycles. The van der Waals surface area contributed by atoms with Crippen molar-refractivity contribution in [1.82, 2.24) is 4.90 Å². The van der Waals surface area contributed by atoms with Gasteiger partial charge >= 0.3 is 0 Å². The smallest absolute Gasteiger partial charge is 0.171 e. The fourth-order valence-corrected chi connectivity index (χ4v) is 2.14. The van der Waals surface area contributed by atoms with E-state index in [2.05, 4.69) is 64.8 Å². The van der Waals surface area contributed by atoms with Gasteiger partial charge in [0.1, 0.15) is 6.61 Å². The number of pyridine rings is 2. The third-order valence-corrected chi connectivity index (χ3v) is 3.30. The van der Waals surface area contributed by atoms with Crippen molar-refractivity contribution >= 4 is 0 Å². The molecule has 2 rings (SSSR count). The zero-order chi connectivity index (χ0) is 15.8. The molecule has 0 spiro atoms. The van der Waals surface area contributed by atoms with Crippen LogP contribution in [0.5, 0.6) is 0 Å². The summed E-state index contributed by atoms with van der Waals surface area (Å²) in [4.78, 5) is 2.02. The van der Waals surface area contributed by atoms with Crippen LogP contribution in [0, 0.1) is 0 Å². The Kier molecular flexibility index (Phi) is 6.25. The van der Waals surface area contributed by atoms with Crippen molar-refractivity contribution in [2.75, 3.05) is 27.4 Å². The number of hydrogen-bond donors (Lipinski definition) is 0. The van der Waals surface area contributed by atoms with Gasteiger partial charge in [-0.1, -0.05) is 6.58 Å². The number of nitrogens with zero attached hydrogens (tertiary/aromatic N) is 3. The van der Waals surface area contributed by atoms with E-state index in [1.54, 1.807) is 0 Å². The second-order valence-electron chi connectivity index (χ2n) is 5.51. The average molecular weight is 299 g/mol. The molecule has 4 heteroatoms. The van der Waals surface area contributed by atoms with Crippen LogP contribution in [0.25, 0.3) is 11.1 Å². The van der Waals surface area contributed by atoms with Gasteiger partial charge in [0.2, 0.25) is 0 Å². The van der Waals surface area contributed by atoms with Crippen molar-refractivity contribution in [3.8, 4) is 11.1 Å². The third-order valence-electron chi connectivity index (χ3n) is 3.30. The van der Waals surface area contributed by atoms with E-state index in [1.807, 2.05) is 25.1 Å². The molecule has 0 aliphatic rings. The van der Waals surface area contributed by atoms with E-state index in [1.165, 1.54) is 11.1 Å². The topological polar surface area (TPSA) is 20.2 Å². The van der Waals surface area contributed by atoms with E-state index in [0.717, 1.165) is 19.7 Å². The van der Waals surface area contributed by atoms with Crippen molar-refractivity contribution < 1.29 is 13.9 Å². The van der Waals surface area contributed by atoms with E-state index in [0.29, 0.717) is 6.73 Å². The summed E-state index contributed by atoms with van der Waals surface area (Å²) in [6.45, 7) is 6.83. The molecule has 0 amide bonds. The maximum absolute atomic E-state index is 5.54. The quantitative estimate of drug-likeness (QED) is 0.320. The Labute approximate surface area is 132 Å². The lowest BCUT2D eigenvalue weighted by atomic mass is 10.1. The van der Waals surface area contributed by atoms with Crippen molar-refractivity contribution in [3.63, 3.8) is 0 Å². The van der Waals surface area contributed by atoms with Crippen LogP contribution < -0.4 is 9.13 Å². The molecule has 0 unspecified atom stereocenters. The largest absolute Gasteiger partial charge is 0.360 e. The first-order valence-corrected chi connectivity index (χ1v) is 7.51. The van der Waals surface area contributed by atoms with Crippen molar-refractivity contribution in [1.29, 1.82) is 0 Å². The van der Waals surface area contributed by atoms with Crippen LogP contribution in [0.3, 0.4) is 0 Å². The molecule has 0 saturated carbocycles. The molecule has 0 aliphatic carbocycles. The third kappa shape index (κ3) is 5.06. The van der Waals surface area contributed by atoms with Crippen LogP contribution in [0.15, 0.2) is 61.7 Å². The van der Waals surface area contributed by atoms with Gasteiger partial charge < -0.3 is 4.74 Å². The van der Waals surface area contributed by atoms with E-state index in [4.69, 9.17) is 4.74 Å². The molecular weight excluding hydrogens is 274 g/mol. The molecule has 22 heavy (non-hydrogen) atoms. The summed E-state index contributed by atoms with van der Waals surface area (Å²) in [5, 5.41) is 0. The van der Waals surface area contributed by atoms with Gasteiger partial charge in [0.15, 0.2) is 37.9 Å². The molecule has 2 aromatic heterocycles. The molecule has 0 radical (unpaired) electrons. The summed E-state index contributed by atoms with van der Waals surface area (Å²) in [6, 6.07) is 8.53. The maximum atomic E-state index is 5.54. The van der Waals surface area contributed by atoms with Crippen LogP contribution in [-0.4, -0.2) is 32.3 Å². The van der Waals surface area contributed by atoms with Crippen LogP contribution in [-0.2, 0) is 17.8 Å². The van der Waals surface area contributed by atoms with Gasteiger partial charge in [-0.15, -0.1) is 0 Å². The highest BCUT2D eigenvalue weighted by molar-refractivity contribution is 5.60. The normalized spacial score (nSPS) is 10.9. The molecular formula is C18H25N3O+2. The molecule has 0 aliphatic heterocycles. The minimum atomic E-state index is 0.660. The van der Waals surface area contributed by atoms with Crippen molar-refractivity contribution in [2.24, 2.45) is 0 Å². The summed E-state index contributed by atoms with van der Waals surface area (Å²) < 4.78 is 9.78. The SMILES string of the molecule is C=CC[n+]1ccc(-c2cc[n+](CCOCN(C)C)cc2)cc1. The molecule has 0 atom stereocenters. The zero-order valence-corrected chi connectivity index (χ0v) is 13.5. The monoisotopic (exact) mass is 299 g/mol. The van der Waals surface area contributed by atoms with Gasteiger partial charge in [-0.2, -0.15) is 0 Å². The summed E-state index contributed by atoms with van der Waals surface area (Å²) in [5.41, 5.74) is 2.44. The minimum Gasteiger partial charge on any atom is -0.360 e. The lowest BCUT2D eigenvalue weighted by molar-refractivity contribution is -0.698. The van der Waals surface area contributed by atoms with Gasteiger partial charge in [0.25, 0.3) is 0 Å². The summed E-state index contributed by atoms with van der Waals surface area (Å²) in [6.07, 6.45) is 10.2. The lowest BCUT2D eigenvalue weighted by Crippen LogP contribution is -2.35. The van der Waals surface area contributed by atoms with Gasteiger partial charge in [0.05, 0.1) is 6.73 Å². The highest BCUT2D eigenvalue weighted by atomic mass is 16.5. The zero-order valence-electron chi connectivity index (χ0n) is 13.5. The van der Waals surface area contributed by atoms with Crippen molar-refractivity contribution in [3.05, 3.63) is 61.7 Å². The maximum Gasteiger partial charge on any atom is 0.171 e. The van der Waals surface area contributed by atoms with E-state index >= 15 is 0 Å². The Balaban J connectivity index is 1.92. The molecule has 116 valence electrons. The second-order valence-corrected chi connectivity index (χ2v) is 5.51. The van der Waals surface area contributed by atoms with Crippen molar-refractivity contribution in [2.45, 2.75) is 13.1 Å². The molecule has 2 heterocycles. The Morgan fingerprint density at radius 2 is 1.55 bits per heavy atom. The van der Waals surface area contributed by atoms with E-state index in [-0.39, 0.29) is 0 Å². The summed E-state index contributed by atoms with van der Waals surface area (Å²) >= 11 is 0. The Hall–Kier alpha value is -2.04. The molecule has 0 saturated heterocycles. The molecule has 4 nitrogen and oxygen atoms in total. The number of hydrogen-bond acceptors (Lipinski definition) is 2. The first-order valence-electron chi connectivity index (χ1n) is 7.51. The molecule has 0 bridgehead atoms. The molecule has 0 fully saturated rings. The number of allylic oxidation sites excluding steroid dienone is 1. The first-order chi connectivity index (χ1) is 10.7. The average Bonchev–Trinajstić information content (AvgIpc) is 2.53. The predicted molar refractivity (Wildman–Crippen MR) is 87.0 cm³/mol. The Morgan fingerprint density at radius 3 is 2.05 bits per heavy atom. The number of ether oxygens (including phenoxy) is 1. The summed E-state index contributed by atoms with van der Waals surface area (Å²) in [7, 11) is 4.00. The van der Waals surface area contributed by atoms with Gasteiger partial charge in [0, 0.05) is 24.3 Å². The second kappa shape index (κ2) is 8.41. The fourth-order valence-electron chi connectivity index (χ4n) is 2.14. The Morgan fingerprint density at radius 1 is 1.00 bits per heavy atom. The van der Waals surface area contributed by atoms with E-state index < -0.39 is 0 Å². The van der Waals surface area contributed by atoms with Gasteiger partial charge in [-0.05, 0) is 31.3 Å². The van der Waals surface area contributed by atoms with E-state index in [9.17, 15) is 0 Å². The fraction of sp³-hybridized carbons (Fsp3) is 0.333. The van der Waals surface area contributed by atoms with Crippen LogP contribution in [0.1, 0.15) is 0 Å².